The molecule has 0 aromatic heterocycles. The molecule has 1 heterocycles. The first kappa shape index (κ1) is 22.6. The van der Waals surface area contributed by atoms with E-state index in [1.807, 2.05) is 48.0 Å². The summed E-state index contributed by atoms with van der Waals surface area (Å²) < 4.78 is 39.1. The van der Waals surface area contributed by atoms with E-state index < -0.39 is 21.7 Å². The number of hydrogen-bond acceptors (Lipinski definition) is 5. The van der Waals surface area contributed by atoms with E-state index in [4.69, 9.17) is 11.6 Å². The molecule has 0 spiro atoms. The van der Waals surface area contributed by atoms with Crippen LogP contribution in [0.2, 0.25) is 5.02 Å². The van der Waals surface area contributed by atoms with Gasteiger partial charge >= 0.3 is 0 Å². The number of nitrogens with zero attached hydrogens (tertiary/aromatic N) is 1. The number of sulfonamides is 1. The molecule has 0 aliphatic carbocycles. The Morgan fingerprint density at radius 2 is 2.07 bits per heavy atom. The van der Waals surface area contributed by atoms with Crippen LogP contribution in [0.3, 0.4) is 0 Å². The summed E-state index contributed by atoms with van der Waals surface area (Å²) in [6, 6.07) is 9.95. The number of nitrogens with one attached hydrogen (secondary N) is 3. The van der Waals surface area contributed by atoms with Crippen LogP contribution >= 0.6 is 11.6 Å². The number of amides is 1. The molecule has 30 heavy (non-hydrogen) atoms. The molecule has 1 fully saturated rings. The van der Waals surface area contributed by atoms with Gasteiger partial charge in [0.1, 0.15) is 0 Å². The second-order valence-corrected chi connectivity index (χ2v) is 9.61. The van der Waals surface area contributed by atoms with E-state index in [0.29, 0.717) is 18.7 Å². The minimum absolute atomic E-state index is 0.218. The number of hydrogen-bond donors (Lipinski definition) is 3. The van der Waals surface area contributed by atoms with Gasteiger partial charge in [-0.15, -0.1) is 4.83 Å². The lowest BCUT2D eigenvalue weighted by molar-refractivity contribution is 0.0941. The van der Waals surface area contributed by atoms with Gasteiger partial charge in [0.25, 0.3) is 5.91 Å². The van der Waals surface area contributed by atoms with Crippen molar-refractivity contribution >= 4 is 27.5 Å². The molecular formula is C20H24ClFN4O3S. The maximum Gasteiger partial charge on any atom is 0.269 e. The molecule has 0 saturated carbocycles. The van der Waals surface area contributed by atoms with Gasteiger partial charge in [0.05, 0.1) is 16.3 Å². The minimum atomic E-state index is -3.83. The zero-order valence-electron chi connectivity index (χ0n) is 16.7. The number of likely N-dealkylation sites (N-methyl/N-ethyl adjacent to an activating group) is 1. The molecule has 1 amide bonds. The molecular weight excluding hydrogens is 431 g/mol. The van der Waals surface area contributed by atoms with Gasteiger partial charge in [0.15, 0.2) is 5.82 Å². The van der Waals surface area contributed by atoms with Gasteiger partial charge in [-0.3, -0.25) is 10.2 Å². The SMILES string of the molecule is Cc1cccc(-c2cc(Cl)c(F)c(C(=O)NNS(=O)(=O)CC3CN(C)CCN3)c2)c1. The number of aryl methyl sites for hydroxylation is 1. The normalized spacial score (nSPS) is 17.7. The monoisotopic (exact) mass is 454 g/mol. The fraction of sp³-hybridized carbons (Fsp3) is 0.350. The van der Waals surface area contributed by atoms with E-state index >= 15 is 0 Å². The van der Waals surface area contributed by atoms with Crippen molar-refractivity contribution in [3.63, 3.8) is 0 Å². The summed E-state index contributed by atoms with van der Waals surface area (Å²) in [4.78, 5) is 16.6. The van der Waals surface area contributed by atoms with Gasteiger partial charge in [0.2, 0.25) is 10.0 Å². The van der Waals surface area contributed by atoms with Crippen molar-refractivity contribution in [1.29, 1.82) is 0 Å². The molecule has 1 aliphatic heterocycles. The van der Waals surface area contributed by atoms with Crippen LogP contribution in [0.25, 0.3) is 11.1 Å². The molecule has 0 bridgehead atoms. The zero-order valence-corrected chi connectivity index (χ0v) is 18.3. The Labute approximate surface area is 180 Å². The van der Waals surface area contributed by atoms with Crippen molar-refractivity contribution in [3.8, 4) is 11.1 Å². The highest BCUT2D eigenvalue weighted by atomic mass is 35.5. The van der Waals surface area contributed by atoms with Crippen LogP contribution in [0.1, 0.15) is 15.9 Å². The quantitative estimate of drug-likeness (QED) is 0.580. The zero-order chi connectivity index (χ0) is 21.9. The summed E-state index contributed by atoms with van der Waals surface area (Å²) in [5, 5.41) is 2.90. The standard InChI is InChI=1S/C20H24ClFN4O3S/c1-13-4-3-5-14(8-13)15-9-17(19(22)18(21)10-15)20(27)24-25-30(28,29)12-16-11-26(2)7-6-23-16/h3-5,8-10,16,23,25H,6-7,11-12H2,1-2H3,(H,24,27). The van der Waals surface area contributed by atoms with Crippen LogP contribution in [0.5, 0.6) is 0 Å². The third-order valence-corrected chi connectivity index (χ3v) is 6.35. The minimum Gasteiger partial charge on any atom is -0.310 e. The van der Waals surface area contributed by atoms with Crippen molar-refractivity contribution < 1.29 is 17.6 Å². The van der Waals surface area contributed by atoms with Crippen LogP contribution in [-0.4, -0.2) is 57.7 Å². The first-order valence-electron chi connectivity index (χ1n) is 9.42. The Balaban J connectivity index is 1.73. The van der Waals surface area contributed by atoms with Crippen LogP contribution in [0.4, 0.5) is 4.39 Å². The van der Waals surface area contributed by atoms with E-state index in [0.717, 1.165) is 17.7 Å². The van der Waals surface area contributed by atoms with Crippen molar-refractivity contribution in [3.05, 3.63) is 58.4 Å². The molecule has 0 radical (unpaired) electrons. The van der Waals surface area contributed by atoms with E-state index in [2.05, 4.69) is 10.7 Å². The fourth-order valence-corrected chi connectivity index (χ4v) is 4.65. The summed E-state index contributed by atoms with van der Waals surface area (Å²) in [5.74, 6) is -2.06. The maximum absolute atomic E-state index is 14.5. The van der Waals surface area contributed by atoms with E-state index in [9.17, 15) is 17.6 Å². The molecule has 162 valence electrons. The molecule has 3 N–H and O–H groups in total. The van der Waals surface area contributed by atoms with Crippen LogP contribution in [-0.2, 0) is 10.0 Å². The Bertz CT molecular complexity index is 1050. The molecule has 2 aromatic rings. The Kier molecular flexibility index (Phi) is 7.10. The molecule has 7 nitrogen and oxygen atoms in total. The number of rotatable bonds is 6. The maximum atomic E-state index is 14.5. The Morgan fingerprint density at radius 1 is 1.30 bits per heavy atom. The first-order valence-corrected chi connectivity index (χ1v) is 11.5. The number of carbonyl (C=O) groups excluding carboxylic acids is 1. The summed E-state index contributed by atoms with van der Waals surface area (Å²) in [7, 11) is -1.92. The van der Waals surface area contributed by atoms with Gasteiger partial charge in [-0.25, -0.2) is 12.8 Å². The Hall–Kier alpha value is -2.04. The molecule has 1 unspecified atom stereocenters. The van der Waals surface area contributed by atoms with Gasteiger partial charge in [-0.05, 0) is 37.2 Å². The highest BCUT2D eigenvalue weighted by Crippen LogP contribution is 2.28. The molecule has 1 saturated heterocycles. The van der Waals surface area contributed by atoms with Crippen molar-refractivity contribution in [2.24, 2.45) is 0 Å². The average Bonchev–Trinajstić information content (AvgIpc) is 2.68. The van der Waals surface area contributed by atoms with E-state index in [1.165, 1.54) is 12.1 Å². The van der Waals surface area contributed by atoms with E-state index in [-0.39, 0.29) is 22.4 Å². The average molecular weight is 455 g/mol. The van der Waals surface area contributed by atoms with Crippen molar-refractivity contribution in [2.75, 3.05) is 32.4 Å². The number of carbonyl (C=O) groups is 1. The molecule has 3 rings (SSSR count). The molecule has 2 aromatic carbocycles. The predicted molar refractivity (Wildman–Crippen MR) is 115 cm³/mol. The summed E-state index contributed by atoms with van der Waals surface area (Å²) in [5.41, 5.74) is 4.04. The molecule has 1 aliphatic rings. The van der Waals surface area contributed by atoms with Crippen LogP contribution in [0, 0.1) is 12.7 Å². The summed E-state index contributed by atoms with van der Waals surface area (Å²) in [6.07, 6.45) is 0. The smallest absolute Gasteiger partial charge is 0.269 e. The largest absolute Gasteiger partial charge is 0.310 e. The van der Waals surface area contributed by atoms with Crippen molar-refractivity contribution in [1.82, 2.24) is 20.5 Å². The Morgan fingerprint density at radius 3 is 2.77 bits per heavy atom. The lowest BCUT2D eigenvalue weighted by Gasteiger charge is -2.30. The molecule has 10 heteroatoms. The second kappa shape index (κ2) is 9.40. The molecule has 1 atom stereocenters. The lowest BCUT2D eigenvalue weighted by Crippen LogP contribution is -2.54. The third-order valence-electron chi connectivity index (χ3n) is 4.82. The van der Waals surface area contributed by atoms with E-state index in [1.54, 1.807) is 0 Å². The third kappa shape index (κ3) is 5.77. The fourth-order valence-electron chi connectivity index (χ4n) is 3.35. The number of piperazine rings is 1. The number of hydrazine groups is 1. The van der Waals surface area contributed by atoms with Gasteiger partial charge in [0, 0.05) is 25.7 Å². The first-order chi connectivity index (χ1) is 14.1. The summed E-state index contributed by atoms with van der Waals surface area (Å²) >= 11 is 5.98. The second-order valence-electron chi connectivity index (χ2n) is 7.44. The highest BCUT2D eigenvalue weighted by molar-refractivity contribution is 7.89. The van der Waals surface area contributed by atoms with Crippen LogP contribution in [0.15, 0.2) is 36.4 Å². The van der Waals surface area contributed by atoms with Crippen molar-refractivity contribution in [2.45, 2.75) is 13.0 Å². The lowest BCUT2D eigenvalue weighted by atomic mass is 10.0. The van der Waals surface area contributed by atoms with Crippen LogP contribution < -0.4 is 15.6 Å². The number of halogens is 2. The predicted octanol–water partition coefficient (Wildman–Crippen LogP) is 1.92. The summed E-state index contributed by atoms with van der Waals surface area (Å²) in [6.45, 7) is 3.99. The highest BCUT2D eigenvalue weighted by Gasteiger charge is 2.24. The topological polar surface area (TPSA) is 90.5 Å². The van der Waals surface area contributed by atoms with Gasteiger partial charge < -0.3 is 10.2 Å². The van der Waals surface area contributed by atoms with Gasteiger partial charge in [-0.1, -0.05) is 41.4 Å². The number of benzene rings is 2. The van der Waals surface area contributed by atoms with Gasteiger partial charge in [-0.2, -0.15) is 0 Å².